The predicted molar refractivity (Wildman–Crippen MR) is 232 cm³/mol. The zero-order chi connectivity index (χ0) is 37.9. The summed E-state index contributed by atoms with van der Waals surface area (Å²) < 4.78 is 2.71. The lowest BCUT2D eigenvalue weighted by molar-refractivity contribution is 0.0891. The molecule has 3 heteroatoms. The summed E-state index contributed by atoms with van der Waals surface area (Å²) in [4.78, 5) is 29.2. The second-order valence-corrected chi connectivity index (χ2v) is 24.1. The van der Waals surface area contributed by atoms with Crippen molar-refractivity contribution < 1.29 is 9.59 Å². The quantitative estimate of drug-likeness (QED) is 0.154. The molecule has 8 fully saturated rings. The standard InChI is InChI=1S/C56H51NO2/c58-49-30-8-4-28(5-9-30)32-20-36-40(22-34(32)49)57-41-23-35-33(29-6-10-31(11-7-29)50(35)59)21-37(41)43-47-45-44-38(2-1-3-39(44)54-17-13-52(25-54)15-19-56(47,54)27-52)53-16-12-51(24-53)14-18-55(53,26-51)46(45)42(36)48(43)57/h1-3,20-23,28-31H,4-19,24-27H2. The molecule has 14 aliphatic rings. The molecular weight excluding hydrogens is 719 g/mol. The molecule has 6 aromatic rings. The summed E-state index contributed by atoms with van der Waals surface area (Å²) in [5.41, 5.74) is 21.1. The molecule has 0 N–H and O–H groups in total. The fraction of sp³-hybridized carbons (Fsp3) is 0.536. The van der Waals surface area contributed by atoms with E-state index in [0.717, 1.165) is 62.5 Å². The van der Waals surface area contributed by atoms with Crippen LogP contribution in [0.3, 0.4) is 0 Å². The van der Waals surface area contributed by atoms with Crippen LogP contribution in [0.4, 0.5) is 0 Å². The van der Waals surface area contributed by atoms with E-state index < -0.39 is 0 Å². The molecule has 20 rings (SSSR count). The minimum Gasteiger partial charge on any atom is -0.308 e. The maximum Gasteiger partial charge on any atom is 0.166 e. The summed E-state index contributed by atoms with van der Waals surface area (Å²) in [5, 5.41) is 6.03. The summed E-state index contributed by atoms with van der Waals surface area (Å²) in [6.07, 6.45) is 25.3. The highest BCUT2D eigenvalue weighted by Crippen LogP contribution is 2.87. The van der Waals surface area contributed by atoms with Crippen molar-refractivity contribution in [2.45, 2.75) is 162 Å². The third kappa shape index (κ3) is 2.81. The van der Waals surface area contributed by atoms with Crippen molar-refractivity contribution >= 4 is 49.7 Å². The topological polar surface area (TPSA) is 38.5 Å². The Hall–Kier alpha value is -3.98. The van der Waals surface area contributed by atoms with Gasteiger partial charge in [-0.25, -0.2) is 0 Å². The zero-order valence-corrected chi connectivity index (χ0v) is 34.3. The van der Waals surface area contributed by atoms with Gasteiger partial charge in [-0.3, -0.25) is 9.59 Å². The molecule has 6 spiro atoms. The first-order valence-corrected chi connectivity index (χ1v) is 24.5. The van der Waals surface area contributed by atoms with Crippen LogP contribution in [-0.2, 0) is 21.7 Å². The van der Waals surface area contributed by atoms with E-state index in [-0.39, 0.29) is 33.5 Å². The van der Waals surface area contributed by atoms with E-state index in [2.05, 4.69) is 46.9 Å². The predicted octanol–water partition coefficient (Wildman–Crippen LogP) is 13.2. The van der Waals surface area contributed by atoms with Crippen molar-refractivity contribution in [3.8, 4) is 11.1 Å². The highest BCUT2D eigenvalue weighted by atomic mass is 16.1. The van der Waals surface area contributed by atoms with E-state index in [9.17, 15) is 9.59 Å². The summed E-state index contributed by atoms with van der Waals surface area (Å²) in [6.45, 7) is 0. The molecule has 4 aromatic carbocycles. The van der Waals surface area contributed by atoms with Crippen molar-refractivity contribution in [2.24, 2.45) is 22.7 Å². The van der Waals surface area contributed by atoms with Crippen LogP contribution in [0.5, 0.6) is 0 Å². The monoisotopic (exact) mass is 769 g/mol. The first-order chi connectivity index (χ1) is 28.8. The van der Waals surface area contributed by atoms with Gasteiger partial charge in [-0.05, 0) is 220 Å². The number of benzene rings is 4. The lowest BCUT2D eigenvalue weighted by atomic mass is 9.44. The van der Waals surface area contributed by atoms with Crippen molar-refractivity contribution in [1.29, 1.82) is 0 Å². The number of nitrogens with zero attached hydrogens (tertiary/aromatic N) is 1. The number of rotatable bonds is 0. The van der Waals surface area contributed by atoms with Gasteiger partial charge in [0.15, 0.2) is 11.6 Å². The smallest absolute Gasteiger partial charge is 0.166 e. The van der Waals surface area contributed by atoms with Crippen LogP contribution in [0.2, 0.25) is 0 Å². The van der Waals surface area contributed by atoms with Gasteiger partial charge in [0.25, 0.3) is 0 Å². The van der Waals surface area contributed by atoms with Gasteiger partial charge < -0.3 is 4.40 Å². The second kappa shape index (κ2) is 8.85. The summed E-state index contributed by atoms with van der Waals surface area (Å²) in [5.74, 6) is 2.14. The normalized spacial score (nSPS) is 42.7. The van der Waals surface area contributed by atoms with Crippen LogP contribution < -0.4 is 0 Å². The number of ketones is 2. The first kappa shape index (κ1) is 31.0. The summed E-state index contributed by atoms with van der Waals surface area (Å²) in [7, 11) is 0. The zero-order valence-electron chi connectivity index (χ0n) is 34.3. The molecule has 59 heavy (non-hydrogen) atoms. The van der Waals surface area contributed by atoms with E-state index >= 15 is 0 Å². The molecule has 14 aliphatic carbocycles. The molecule has 6 unspecified atom stereocenters. The number of Topliss-reactive ketones (excluding diaryl/α,β-unsaturated/α-hetero) is 2. The SMILES string of the molecule is O=C1c2cc3c(cc2C2CCC1CC2)c1c2c4c(c5c6cc7c(cc6n3c15)C(=O)C1CCC7CC1)C13CCC5(CCC1(C5)c1cccc(c1-4)C14CCC5(CCC21C5)C4)C3. The molecule has 2 heterocycles. The second-order valence-electron chi connectivity index (χ2n) is 24.1. The lowest BCUT2D eigenvalue weighted by Crippen LogP contribution is -2.53. The molecule has 3 nitrogen and oxygen atoms in total. The Balaban J connectivity index is 1.12. The fourth-order valence-electron chi connectivity index (χ4n) is 21.0. The summed E-state index contributed by atoms with van der Waals surface area (Å²) >= 11 is 0. The molecular formula is C56H51NO2. The van der Waals surface area contributed by atoms with Crippen molar-refractivity contribution in [3.05, 3.63) is 87.0 Å². The number of carbonyl (C=O) groups is 2. The van der Waals surface area contributed by atoms with E-state index in [1.165, 1.54) is 115 Å². The van der Waals surface area contributed by atoms with Crippen molar-refractivity contribution in [2.75, 3.05) is 0 Å². The van der Waals surface area contributed by atoms with E-state index in [1.54, 1.807) is 44.2 Å². The Labute approximate surface area is 345 Å². The molecule has 8 saturated carbocycles. The number of aromatic nitrogens is 1. The molecule has 292 valence electrons. The Morgan fingerprint density at radius 1 is 0.475 bits per heavy atom. The number of carbonyl (C=O) groups excluding carboxylic acids is 2. The first-order valence-electron chi connectivity index (χ1n) is 24.5. The highest BCUT2D eigenvalue weighted by Gasteiger charge is 2.79. The van der Waals surface area contributed by atoms with Crippen molar-refractivity contribution in [1.82, 2.24) is 4.40 Å². The van der Waals surface area contributed by atoms with Crippen LogP contribution in [0.25, 0.3) is 49.2 Å². The summed E-state index contributed by atoms with van der Waals surface area (Å²) in [6, 6.07) is 18.0. The van der Waals surface area contributed by atoms with Crippen LogP contribution >= 0.6 is 0 Å². The van der Waals surface area contributed by atoms with Gasteiger partial charge in [-0.15, -0.1) is 0 Å². The van der Waals surface area contributed by atoms with Crippen LogP contribution in [0.1, 0.15) is 194 Å². The maximum atomic E-state index is 14.6. The van der Waals surface area contributed by atoms with E-state index in [1.807, 2.05) is 0 Å². The minimum atomic E-state index is 0.162. The number of hydrogen-bond donors (Lipinski definition) is 0. The Morgan fingerprint density at radius 3 is 1.37 bits per heavy atom. The largest absolute Gasteiger partial charge is 0.308 e. The molecule has 0 radical (unpaired) electrons. The van der Waals surface area contributed by atoms with Crippen LogP contribution in [-0.4, -0.2) is 16.0 Å². The molecule has 0 aliphatic heterocycles. The van der Waals surface area contributed by atoms with Gasteiger partial charge in [-0.1, -0.05) is 18.2 Å². The molecule has 2 aromatic heterocycles. The number of fused-ring (bicyclic) bond motifs is 12. The Morgan fingerprint density at radius 2 is 0.898 bits per heavy atom. The van der Waals surface area contributed by atoms with Gasteiger partial charge in [0, 0.05) is 66.2 Å². The molecule has 6 atom stereocenters. The van der Waals surface area contributed by atoms with Crippen molar-refractivity contribution in [3.63, 3.8) is 0 Å². The molecule has 0 amide bonds. The number of hydrogen-bond acceptors (Lipinski definition) is 2. The van der Waals surface area contributed by atoms with Gasteiger partial charge in [0.1, 0.15) is 0 Å². The van der Waals surface area contributed by atoms with Gasteiger partial charge in [0.05, 0.1) is 16.6 Å². The highest BCUT2D eigenvalue weighted by molar-refractivity contribution is 6.29. The van der Waals surface area contributed by atoms with E-state index in [4.69, 9.17) is 0 Å². The molecule has 10 bridgehead atoms. The maximum absolute atomic E-state index is 14.6. The molecule has 0 saturated heterocycles. The van der Waals surface area contributed by atoms with Gasteiger partial charge >= 0.3 is 0 Å². The Bertz CT molecular complexity index is 2980. The van der Waals surface area contributed by atoms with Crippen LogP contribution in [0.15, 0.2) is 42.5 Å². The lowest BCUT2D eigenvalue weighted by Gasteiger charge is -2.59. The fourth-order valence-corrected chi connectivity index (χ4v) is 21.0. The van der Waals surface area contributed by atoms with E-state index in [0.29, 0.717) is 34.2 Å². The van der Waals surface area contributed by atoms with Gasteiger partial charge in [0.2, 0.25) is 0 Å². The Kier molecular flexibility index (Phi) is 4.64. The average Bonchev–Trinajstić information content (AvgIpc) is 4.14. The van der Waals surface area contributed by atoms with Gasteiger partial charge in [-0.2, -0.15) is 0 Å². The third-order valence-electron chi connectivity index (χ3n) is 22.8. The minimum absolute atomic E-state index is 0.162. The van der Waals surface area contributed by atoms with Crippen LogP contribution in [0, 0.1) is 22.7 Å². The third-order valence-corrected chi connectivity index (χ3v) is 22.8. The average molecular weight is 770 g/mol.